The second-order valence-electron chi connectivity index (χ2n) is 15.9. The number of aliphatic hydroxyl groups excluding tert-OH is 1. The summed E-state index contributed by atoms with van der Waals surface area (Å²) in [6, 6.07) is 8.58. The van der Waals surface area contributed by atoms with E-state index in [0.29, 0.717) is 5.75 Å². The van der Waals surface area contributed by atoms with E-state index in [0.717, 1.165) is 44.7 Å². The minimum absolute atomic E-state index is 0.0550. The van der Waals surface area contributed by atoms with Crippen molar-refractivity contribution >= 4 is 0 Å². The second-order valence-corrected chi connectivity index (χ2v) is 15.9. The summed E-state index contributed by atoms with van der Waals surface area (Å²) < 4.78 is 13.8. The van der Waals surface area contributed by atoms with Crippen molar-refractivity contribution in [2.75, 3.05) is 0 Å². The summed E-state index contributed by atoms with van der Waals surface area (Å²) in [5.74, 6) is 1.44. The van der Waals surface area contributed by atoms with Crippen LogP contribution < -0.4 is 4.74 Å². The Labute approximate surface area is 278 Å². The third-order valence-corrected chi connectivity index (χ3v) is 10.9. The van der Waals surface area contributed by atoms with Crippen molar-refractivity contribution in [3.8, 4) is 11.5 Å². The maximum Gasteiger partial charge on any atom is 0.128 e. The number of benzene rings is 2. The van der Waals surface area contributed by atoms with Crippen LogP contribution in [0.3, 0.4) is 0 Å². The highest BCUT2D eigenvalue weighted by molar-refractivity contribution is 5.52. The van der Waals surface area contributed by atoms with Crippen LogP contribution in [0.2, 0.25) is 0 Å². The summed E-state index contributed by atoms with van der Waals surface area (Å²) >= 11 is 0. The molecule has 2 N–H and O–H groups in total. The highest BCUT2D eigenvalue weighted by atomic mass is 16.5. The molecule has 0 heterocycles. The Morgan fingerprint density at radius 2 is 1.22 bits per heavy atom. The van der Waals surface area contributed by atoms with E-state index in [9.17, 15) is 10.2 Å². The minimum Gasteiger partial charge on any atom is -0.507 e. The maximum absolute atomic E-state index is 10.5. The summed E-state index contributed by atoms with van der Waals surface area (Å²) in [5.41, 5.74) is 8.97. The van der Waals surface area contributed by atoms with Crippen molar-refractivity contribution in [1.29, 1.82) is 0 Å². The number of phenolic OH excluding ortho intramolecular Hbond substituents is 1. The summed E-state index contributed by atoms with van der Waals surface area (Å²) in [6.07, 6.45) is 8.53. The molecule has 0 amide bonds. The van der Waals surface area contributed by atoms with Gasteiger partial charge in [0.25, 0.3) is 0 Å². The first kappa shape index (κ1) is 35.8. The van der Waals surface area contributed by atoms with Gasteiger partial charge in [-0.15, -0.1) is 0 Å². The van der Waals surface area contributed by atoms with Crippen LogP contribution in [0, 0.1) is 39.5 Å². The van der Waals surface area contributed by atoms with Gasteiger partial charge in [-0.25, -0.2) is 0 Å². The molecule has 0 fully saturated rings. The van der Waals surface area contributed by atoms with Crippen molar-refractivity contribution in [3.63, 3.8) is 0 Å². The first-order chi connectivity index (χ1) is 21.0. The largest absolute Gasteiger partial charge is 0.507 e. The van der Waals surface area contributed by atoms with Gasteiger partial charge in [-0.05, 0) is 144 Å². The van der Waals surface area contributed by atoms with E-state index < -0.39 is 22.9 Å². The average molecular weight is 627 g/mol. The number of hydrogen-bond donors (Lipinski definition) is 2. The molecule has 2 aromatic rings. The molecule has 0 bridgehead atoms. The van der Waals surface area contributed by atoms with Gasteiger partial charge in [-0.3, -0.25) is 0 Å². The number of hydrogen-bond acceptors (Lipinski definition) is 4. The summed E-state index contributed by atoms with van der Waals surface area (Å²) in [6.45, 7) is 31.9. The quantitative estimate of drug-likeness (QED) is 0.306. The number of phenols is 1. The normalized spacial score (nSPS) is 24.2. The van der Waals surface area contributed by atoms with Crippen LogP contribution in [-0.4, -0.2) is 27.5 Å². The highest BCUT2D eigenvalue weighted by Gasteiger charge is 2.43. The third kappa shape index (κ3) is 6.53. The molecule has 0 saturated carbocycles. The molecule has 2 aliphatic carbocycles. The zero-order valence-corrected chi connectivity index (χ0v) is 31.1. The van der Waals surface area contributed by atoms with Gasteiger partial charge < -0.3 is 19.7 Å². The molecule has 4 unspecified atom stereocenters. The van der Waals surface area contributed by atoms with E-state index in [1.54, 1.807) is 0 Å². The van der Waals surface area contributed by atoms with Gasteiger partial charge in [0.15, 0.2) is 0 Å². The van der Waals surface area contributed by atoms with Crippen LogP contribution in [-0.2, 0) is 15.8 Å². The van der Waals surface area contributed by atoms with Crippen molar-refractivity contribution in [3.05, 3.63) is 104 Å². The molecule has 4 rings (SSSR count). The van der Waals surface area contributed by atoms with E-state index in [4.69, 9.17) is 9.47 Å². The van der Waals surface area contributed by atoms with Gasteiger partial charge in [0.1, 0.15) is 17.1 Å². The molecule has 46 heavy (non-hydrogen) atoms. The molecule has 2 aliphatic rings. The molecule has 0 aromatic heterocycles. The minimum atomic E-state index is -0.574. The second kappa shape index (κ2) is 12.2. The fraction of sp³-hybridized carbons (Fsp3) is 0.524. The molecule has 0 radical (unpaired) electrons. The van der Waals surface area contributed by atoms with Crippen molar-refractivity contribution in [1.82, 2.24) is 0 Å². The van der Waals surface area contributed by atoms with E-state index in [2.05, 4.69) is 120 Å². The predicted octanol–water partition coefficient (Wildman–Crippen LogP) is 10.2. The SMILES string of the molecule is CC1=CC(C(C)(C)OC2(C)C(C)=CC(C(C)(C)c3cc(C)c(OC(C)(C)c4cc(C)c(O)c(C)c4)c(C)c3)=CC2C)=CC(C)C1O. The zero-order valence-electron chi connectivity index (χ0n) is 31.1. The van der Waals surface area contributed by atoms with Gasteiger partial charge in [-0.1, -0.05) is 64.1 Å². The highest BCUT2D eigenvalue weighted by Crippen LogP contribution is 2.47. The average Bonchev–Trinajstić information content (AvgIpc) is 2.94. The van der Waals surface area contributed by atoms with E-state index >= 15 is 0 Å². The lowest BCUT2D eigenvalue weighted by atomic mass is 9.69. The van der Waals surface area contributed by atoms with E-state index in [1.807, 2.05) is 32.9 Å². The van der Waals surface area contributed by atoms with Gasteiger partial charge in [0.2, 0.25) is 0 Å². The smallest absolute Gasteiger partial charge is 0.128 e. The number of aryl methyl sites for hydroxylation is 4. The van der Waals surface area contributed by atoms with Crippen LogP contribution in [0.5, 0.6) is 11.5 Å². The molecule has 4 atom stereocenters. The Morgan fingerprint density at radius 1 is 0.696 bits per heavy atom. The van der Waals surface area contributed by atoms with Crippen LogP contribution in [0.15, 0.2) is 70.9 Å². The van der Waals surface area contributed by atoms with E-state index in [-0.39, 0.29) is 17.3 Å². The van der Waals surface area contributed by atoms with E-state index in [1.165, 1.54) is 16.7 Å². The molecule has 0 aliphatic heterocycles. The van der Waals surface area contributed by atoms with Crippen molar-refractivity contribution in [2.24, 2.45) is 11.8 Å². The maximum atomic E-state index is 10.5. The topological polar surface area (TPSA) is 58.9 Å². The summed E-state index contributed by atoms with van der Waals surface area (Å²) in [4.78, 5) is 0. The Morgan fingerprint density at radius 3 is 1.72 bits per heavy atom. The summed E-state index contributed by atoms with van der Waals surface area (Å²) in [5, 5.41) is 20.8. The Bertz CT molecular complexity index is 1600. The third-order valence-electron chi connectivity index (χ3n) is 10.9. The number of aromatic hydroxyl groups is 1. The lowest BCUT2D eigenvalue weighted by Crippen LogP contribution is -2.47. The van der Waals surface area contributed by atoms with Gasteiger partial charge >= 0.3 is 0 Å². The van der Waals surface area contributed by atoms with Gasteiger partial charge in [0.05, 0.1) is 17.3 Å². The molecular formula is C42H58O4. The van der Waals surface area contributed by atoms with Gasteiger partial charge in [0, 0.05) is 17.3 Å². The monoisotopic (exact) mass is 626 g/mol. The van der Waals surface area contributed by atoms with Gasteiger partial charge in [-0.2, -0.15) is 0 Å². The number of ether oxygens (including phenoxy) is 2. The molecule has 4 nitrogen and oxygen atoms in total. The first-order valence-corrected chi connectivity index (χ1v) is 16.8. The molecule has 2 aromatic carbocycles. The first-order valence-electron chi connectivity index (χ1n) is 16.8. The molecule has 0 spiro atoms. The van der Waals surface area contributed by atoms with Crippen LogP contribution in [0.4, 0.5) is 0 Å². The fourth-order valence-corrected chi connectivity index (χ4v) is 7.16. The Hall–Kier alpha value is -3.08. The molecular weight excluding hydrogens is 568 g/mol. The lowest BCUT2D eigenvalue weighted by Gasteiger charge is -2.46. The Balaban J connectivity index is 1.61. The van der Waals surface area contributed by atoms with Crippen LogP contribution >= 0.6 is 0 Å². The molecule has 250 valence electrons. The fourth-order valence-electron chi connectivity index (χ4n) is 7.16. The zero-order chi connectivity index (χ0) is 34.7. The van der Waals surface area contributed by atoms with Crippen LogP contribution in [0.25, 0.3) is 0 Å². The number of allylic oxidation sites excluding steroid dienone is 2. The van der Waals surface area contributed by atoms with Crippen molar-refractivity contribution in [2.45, 2.75) is 132 Å². The molecule has 4 heteroatoms. The standard InChI is InChI=1S/C42H58O4/c1-24-16-34(17-25(2)36(24)43)40(11,12)45-38-28(5)20-32(21-29(38)6)39(9,10)33-22-30(7)42(15,31(8)23-33)46-41(13,14)35-18-26(3)37(44)27(4)19-35/h16-23,26,30,37,43-44H,1-15H3. The summed E-state index contributed by atoms with van der Waals surface area (Å²) in [7, 11) is 0. The molecule has 0 saturated heterocycles. The van der Waals surface area contributed by atoms with Crippen molar-refractivity contribution < 1.29 is 19.7 Å². The van der Waals surface area contributed by atoms with Crippen LogP contribution in [0.1, 0.15) is 110 Å². The number of aliphatic hydroxyl groups is 1. The predicted molar refractivity (Wildman–Crippen MR) is 192 cm³/mol. The number of rotatable bonds is 8. The lowest BCUT2D eigenvalue weighted by molar-refractivity contribution is -0.109. The Kier molecular flexibility index (Phi) is 9.47.